The van der Waals surface area contributed by atoms with Crippen LogP contribution in [0.2, 0.25) is 5.02 Å². The Kier molecular flexibility index (Phi) is 6.26. The van der Waals surface area contributed by atoms with Gasteiger partial charge < -0.3 is 18.9 Å². The number of piperazine rings is 1. The summed E-state index contributed by atoms with van der Waals surface area (Å²) in [5, 5.41) is 0.605. The van der Waals surface area contributed by atoms with Crippen LogP contribution in [0, 0.1) is 6.92 Å². The van der Waals surface area contributed by atoms with Gasteiger partial charge in [-0.1, -0.05) is 11.6 Å². The molecule has 0 unspecified atom stereocenters. The molecule has 0 radical (unpaired) electrons. The molecule has 2 aromatic heterocycles. The molecule has 170 valence electrons. The molecule has 1 aromatic carbocycles. The van der Waals surface area contributed by atoms with E-state index in [1.165, 1.54) is 44.7 Å². The Morgan fingerprint density at radius 1 is 0.969 bits per heavy atom. The van der Waals surface area contributed by atoms with E-state index in [-0.39, 0.29) is 0 Å². The number of ether oxygens (including phenoxy) is 1. The summed E-state index contributed by atoms with van der Waals surface area (Å²) in [6.45, 7) is 11.4. The van der Waals surface area contributed by atoms with E-state index < -0.39 is 0 Å². The van der Waals surface area contributed by atoms with Crippen molar-refractivity contribution in [2.75, 3.05) is 64.4 Å². The molecule has 2 fully saturated rings. The highest BCUT2D eigenvalue weighted by molar-refractivity contribution is 6.32. The normalized spacial score (nSPS) is 18.0. The fourth-order valence-corrected chi connectivity index (χ4v) is 5.14. The topological polar surface area (TPSA) is 36.3 Å². The molecule has 32 heavy (non-hydrogen) atoms. The molecule has 0 N–H and O–H groups in total. The summed E-state index contributed by atoms with van der Waals surface area (Å²) in [6.07, 6.45) is 6.93. The van der Waals surface area contributed by atoms with Gasteiger partial charge in [0.15, 0.2) is 0 Å². The van der Waals surface area contributed by atoms with Crippen molar-refractivity contribution in [3.63, 3.8) is 0 Å². The van der Waals surface area contributed by atoms with E-state index in [1.54, 1.807) is 7.11 Å². The van der Waals surface area contributed by atoms with Crippen LogP contribution in [-0.2, 0) is 0 Å². The van der Waals surface area contributed by atoms with Gasteiger partial charge in [-0.15, -0.1) is 0 Å². The van der Waals surface area contributed by atoms with E-state index in [9.17, 15) is 0 Å². The Hall–Kier alpha value is -2.28. The van der Waals surface area contributed by atoms with Crippen molar-refractivity contribution in [1.82, 2.24) is 19.2 Å². The SMILES string of the molecule is COc1cc(C)c(-c2cn3ccc(N4CCN(CCN5CCCC5)CC4)cc3n2)cc1Cl. The molecule has 0 saturated carbocycles. The third kappa shape index (κ3) is 4.45. The fourth-order valence-electron chi connectivity index (χ4n) is 4.90. The molecule has 2 aliphatic rings. The quantitative estimate of drug-likeness (QED) is 0.559. The first kappa shape index (κ1) is 21.6. The van der Waals surface area contributed by atoms with Gasteiger partial charge in [-0.2, -0.15) is 0 Å². The fraction of sp³-hybridized carbons (Fsp3) is 0.480. The lowest BCUT2D eigenvalue weighted by Gasteiger charge is -2.36. The molecule has 2 saturated heterocycles. The van der Waals surface area contributed by atoms with Gasteiger partial charge in [-0.05, 0) is 56.6 Å². The van der Waals surface area contributed by atoms with E-state index in [4.69, 9.17) is 21.3 Å². The molecule has 6 nitrogen and oxygen atoms in total. The highest BCUT2D eigenvalue weighted by atomic mass is 35.5. The van der Waals surface area contributed by atoms with Gasteiger partial charge in [0.1, 0.15) is 11.4 Å². The molecule has 5 rings (SSSR count). The minimum Gasteiger partial charge on any atom is -0.495 e. The summed E-state index contributed by atoms with van der Waals surface area (Å²) < 4.78 is 7.42. The minimum atomic E-state index is 0.605. The molecule has 4 heterocycles. The van der Waals surface area contributed by atoms with Crippen LogP contribution in [0.25, 0.3) is 16.9 Å². The number of pyridine rings is 1. The van der Waals surface area contributed by atoms with E-state index in [0.717, 1.165) is 48.6 Å². The number of fused-ring (bicyclic) bond motifs is 1. The third-order valence-electron chi connectivity index (χ3n) is 6.89. The largest absolute Gasteiger partial charge is 0.495 e. The number of benzene rings is 1. The van der Waals surface area contributed by atoms with Crippen LogP contribution < -0.4 is 9.64 Å². The number of aryl methyl sites for hydroxylation is 1. The van der Waals surface area contributed by atoms with Gasteiger partial charge in [-0.3, -0.25) is 4.90 Å². The molecule has 0 bridgehead atoms. The van der Waals surface area contributed by atoms with E-state index in [1.807, 2.05) is 12.1 Å². The van der Waals surface area contributed by atoms with Gasteiger partial charge >= 0.3 is 0 Å². The van der Waals surface area contributed by atoms with Crippen LogP contribution in [0.1, 0.15) is 18.4 Å². The zero-order valence-corrected chi connectivity index (χ0v) is 19.8. The van der Waals surface area contributed by atoms with Gasteiger partial charge in [-0.25, -0.2) is 4.98 Å². The number of anilines is 1. The monoisotopic (exact) mass is 453 g/mol. The zero-order chi connectivity index (χ0) is 22.1. The molecule has 0 atom stereocenters. The van der Waals surface area contributed by atoms with E-state index in [0.29, 0.717) is 10.8 Å². The van der Waals surface area contributed by atoms with Crippen LogP contribution in [0.15, 0.2) is 36.7 Å². The maximum absolute atomic E-state index is 6.38. The first-order chi connectivity index (χ1) is 15.6. The molecular weight excluding hydrogens is 422 g/mol. The van der Waals surface area contributed by atoms with Crippen LogP contribution >= 0.6 is 11.6 Å². The lowest BCUT2D eigenvalue weighted by atomic mass is 10.1. The Morgan fingerprint density at radius 3 is 2.41 bits per heavy atom. The van der Waals surface area contributed by atoms with Crippen molar-refractivity contribution < 1.29 is 4.74 Å². The first-order valence-electron chi connectivity index (χ1n) is 11.6. The summed E-state index contributed by atoms with van der Waals surface area (Å²) >= 11 is 6.38. The Labute approximate surface area is 195 Å². The van der Waals surface area contributed by atoms with Gasteiger partial charge in [0, 0.05) is 69.0 Å². The smallest absolute Gasteiger partial charge is 0.139 e. The molecule has 2 aliphatic heterocycles. The lowest BCUT2D eigenvalue weighted by Crippen LogP contribution is -2.48. The number of halogens is 1. The van der Waals surface area contributed by atoms with Crippen molar-refractivity contribution in [3.8, 4) is 17.0 Å². The second kappa shape index (κ2) is 9.30. The number of nitrogens with zero attached hydrogens (tertiary/aromatic N) is 5. The van der Waals surface area contributed by atoms with Gasteiger partial charge in [0.05, 0.1) is 17.8 Å². The summed E-state index contributed by atoms with van der Waals surface area (Å²) in [7, 11) is 1.64. The molecule has 3 aromatic rings. The predicted molar refractivity (Wildman–Crippen MR) is 131 cm³/mol. The summed E-state index contributed by atoms with van der Waals surface area (Å²) in [6, 6.07) is 8.31. The van der Waals surface area contributed by atoms with E-state index >= 15 is 0 Å². The van der Waals surface area contributed by atoms with Crippen LogP contribution in [-0.4, -0.2) is 78.7 Å². The predicted octanol–water partition coefficient (Wildman–Crippen LogP) is 4.19. The van der Waals surface area contributed by atoms with Gasteiger partial charge in [0.2, 0.25) is 0 Å². The van der Waals surface area contributed by atoms with Crippen molar-refractivity contribution in [3.05, 3.63) is 47.2 Å². The molecule has 0 amide bonds. The number of rotatable bonds is 6. The molecule has 0 aliphatic carbocycles. The summed E-state index contributed by atoms with van der Waals surface area (Å²) in [4.78, 5) is 12.6. The van der Waals surface area contributed by atoms with Crippen molar-refractivity contribution in [2.45, 2.75) is 19.8 Å². The molecule has 7 heteroatoms. The average Bonchev–Trinajstić information content (AvgIpc) is 3.48. The van der Waals surface area contributed by atoms with Crippen molar-refractivity contribution in [1.29, 1.82) is 0 Å². The first-order valence-corrected chi connectivity index (χ1v) is 12.0. The van der Waals surface area contributed by atoms with Crippen LogP contribution in [0.3, 0.4) is 0 Å². The Bertz CT molecular complexity index is 1080. The number of hydrogen-bond acceptors (Lipinski definition) is 5. The van der Waals surface area contributed by atoms with Crippen LogP contribution in [0.5, 0.6) is 5.75 Å². The summed E-state index contributed by atoms with van der Waals surface area (Å²) in [5.74, 6) is 0.693. The number of likely N-dealkylation sites (tertiary alicyclic amines) is 1. The second-order valence-electron chi connectivity index (χ2n) is 8.96. The van der Waals surface area contributed by atoms with Crippen molar-refractivity contribution >= 4 is 22.9 Å². The van der Waals surface area contributed by atoms with E-state index in [2.05, 4.69) is 50.6 Å². The Balaban J connectivity index is 1.27. The number of imidazole rings is 1. The second-order valence-corrected chi connectivity index (χ2v) is 9.36. The van der Waals surface area contributed by atoms with Crippen molar-refractivity contribution in [2.24, 2.45) is 0 Å². The molecular formula is C25H32ClN5O. The number of hydrogen-bond donors (Lipinski definition) is 0. The highest BCUT2D eigenvalue weighted by Crippen LogP contribution is 2.33. The van der Waals surface area contributed by atoms with Gasteiger partial charge in [0.25, 0.3) is 0 Å². The minimum absolute atomic E-state index is 0.605. The third-order valence-corrected chi connectivity index (χ3v) is 7.18. The highest BCUT2D eigenvalue weighted by Gasteiger charge is 2.20. The maximum atomic E-state index is 6.38. The summed E-state index contributed by atoms with van der Waals surface area (Å²) in [5.41, 5.74) is 5.27. The lowest BCUT2D eigenvalue weighted by molar-refractivity contribution is 0.215. The van der Waals surface area contributed by atoms with Crippen LogP contribution in [0.4, 0.5) is 5.69 Å². The zero-order valence-electron chi connectivity index (χ0n) is 19.1. The standard InChI is InChI=1S/C25H32ClN5O/c1-19-15-24(32-2)22(26)17-21(19)23-18-31-8-5-20(16-25(31)27-23)30-13-11-29(12-14-30)10-9-28-6-3-4-7-28/h5,8,15-18H,3-4,6-7,9-14H2,1-2H3. The maximum Gasteiger partial charge on any atom is 0.139 e. The number of methoxy groups -OCH3 is 1. The average molecular weight is 454 g/mol. The Morgan fingerprint density at radius 2 is 1.69 bits per heavy atom. The number of aromatic nitrogens is 2. The molecule has 0 spiro atoms.